The molecular weight excluding hydrogens is 170 g/mol. The third-order valence-corrected chi connectivity index (χ3v) is 1.68. The summed E-state index contributed by atoms with van der Waals surface area (Å²) in [6.45, 7) is 7.22. The highest BCUT2D eigenvalue weighted by Crippen LogP contribution is 2.08. The Kier molecular flexibility index (Phi) is 3.27. The molecule has 1 atom stereocenters. The fourth-order valence-electron chi connectivity index (χ4n) is 0.981. The van der Waals surface area contributed by atoms with Crippen molar-refractivity contribution >= 4 is 5.91 Å². The van der Waals surface area contributed by atoms with Crippen LogP contribution in [0.2, 0.25) is 0 Å². The monoisotopic (exact) mass is 187 g/mol. The molecule has 1 aliphatic rings. The van der Waals surface area contributed by atoms with Crippen molar-refractivity contribution in [3.05, 3.63) is 0 Å². The largest absolute Gasteiger partial charge is 0.373 e. The van der Waals surface area contributed by atoms with Crippen LogP contribution >= 0.6 is 0 Å². The van der Waals surface area contributed by atoms with Gasteiger partial charge in [-0.2, -0.15) is 0 Å². The second-order valence-corrected chi connectivity index (χ2v) is 4.16. The van der Waals surface area contributed by atoms with Gasteiger partial charge in [-0.3, -0.25) is 4.79 Å². The van der Waals surface area contributed by atoms with E-state index in [1.54, 1.807) is 0 Å². The van der Waals surface area contributed by atoms with Gasteiger partial charge in [-0.25, -0.2) is 0 Å². The van der Waals surface area contributed by atoms with Gasteiger partial charge >= 0.3 is 0 Å². The number of ether oxygens (including phenoxy) is 2. The van der Waals surface area contributed by atoms with Crippen molar-refractivity contribution in [2.24, 2.45) is 0 Å². The molecular formula is C9H17NO3. The maximum Gasteiger partial charge on any atom is 0.246 e. The van der Waals surface area contributed by atoms with Gasteiger partial charge in [-0.1, -0.05) is 0 Å². The summed E-state index contributed by atoms with van der Waals surface area (Å²) in [7, 11) is 0. The molecule has 0 aromatic rings. The van der Waals surface area contributed by atoms with Crippen LogP contribution in [0.25, 0.3) is 0 Å². The van der Waals surface area contributed by atoms with Gasteiger partial charge in [0.1, 0.15) is 6.61 Å². The summed E-state index contributed by atoms with van der Waals surface area (Å²) < 4.78 is 10.8. The second-order valence-electron chi connectivity index (χ2n) is 4.16. The van der Waals surface area contributed by atoms with Crippen molar-refractivity contribution in [2.45, 2.75) is 32.5 Å². The first-order valence-corrected chi connectivity index (χ1v) is 4.49. The van der Waals surface area contributed by atoms with E-state index in [0.717, 1.165) is 0 Å². The van der Waals surface area contributed by atoms with E-state index >= 15 is 0 Å². The normalized spacial score (nSPS) is 24.2. The molecule has 0 spiro atoms. The summed E-state index contributed by atoms with van der Waals surface area (Å²) in [6, 6.07) is 0. The van der Waals surface area contributed by atoms with Crippen LogP contribution in [0.5, 0.6) is 0 Å². The van der Waals surface area contributed by atoms with E-state index in [0.29, 0.717) is 13.2 Å². The molecule has 1 N–H and O–H groups in total. The van der Waals surface area contributed by atoms with E-state index in [-0.39, 0.29) is 24.2 Å². The summed E-state index contributed by atoms with van der Waals surface area (Å²) in [6.07, 6.45) is -0.00285. The number of hydrogen-bond acceptors (Lipinski definition) is 3. The van der Waals surface area contributed by atoms with Crippen molar-refractivity contribution in [1.82, 2.24) is 5.32 Å². The molecule has 1 aliphatic heterocycles. The van der Waals surface area contributed by atoms with Crippen LogP contribution in [0.3, 0.4) is 0 Å². The van der Waals surface area contributed by atoms with E-state index in [1.807, 2.05) is 20.8 Å². The third kappa shape index (κ3) is 4.24. The molecule has 13 heavy (non-hydrogen) atoms. The number of amides is 1. The van der Waals surface area contributed by atoms with Crippen LogP contribution in [0, 0.1) is 0 Å². The predicted octanol–water partition coefficient (Wildman–Crippen LogP) is 0.316. The van der Waals surface area contributed by atoms with Crippen LogP contribution in [0.15, 0.2) is 0 Å². The van der Waals surface area contributed by atoms with Crippen LogP contribution in [-0.4, -0.2) is 37.4 Å². The maximum absolute atomic E-state index is 10.7. The van der Waals surface area contributed by atoms with Gasteiger partial charge in [0, 0.05) is 6.54 Å². The molecule has 1 fully saturated rings. The predicted molar refractivity (Wildman–Crippen MR) is 48.5 cm³/mol. The zero-order valence-electron chi connectivity index (χ0n) is 8.42. The van der Waals surface area contributed by atoms with Crippen molar-refractivity contribution in [3.63, 3.8) is 0 Å². The Morgan fingerprint density at radius 3 is 2.77 bits per heavy atom. The maximum atomic E-state index is 10.7. The van der Waals surface area contributed by atoms with E-state index in [1.165, 1.54) is 0 Å². The Morgan fingerprint density at radius 2 is 2.31 bits per heavy atom. The lowest BCUT2D eigenvalue weighted by atomic mass is 10.2. The number of hydrogen-bond donors (Lipinski definition) is 1. The molecule has 1 rings (SSSR count). The molecule has 0 bridgehead atoms. The number of nitrogens with one attached hydrogen (secondary N) is 1. The van der Waals surface area contributed by atoms with Gasteiger partial charge in [0.15, 0.2) is 0 Å². The standard InChI is InChI=1S/C9H17NO3/c1-9(2,3)13-5-7-4-10-8(11)6-12-7/h7H,4-6H2,1-3H3,(H,10,11). The third-order valence-electron chi connectivity index (χ3n) is 1.68. The number of rotatable bonds is 2. The van der Waals surface area contributed by atoms with E-state index < -0.39 is 0 Å². The SMILES string of the molecule is CC(C)(C)OCC1CNC(=O)CO1. The molecule has 1 saturated heterocycles. The first-order chi connectivity index (χ1) is 5.97. The molecule has 0 aromatic heterocycles. The number of morpholine rings is 1. The minimum Gasteiger partial charge on any atom is -0.373 e. The molecule has 0 radical (unpaired) electrons. The van der Waals surface area contributed by atoms with Crippen molar-refractivity contribution in [2.75, 3.05) is 19.8 Å². The Morgan fingerprint density at radius 1 is 1.62 bits per heavy atom. The van der Waals surface area contributed by atoms with Crippen molar-refractivity contribution < 1.29 is 14.3 Å². The molecule has 4 heteroatoms. The van der Waals surface area contributed by atoms with E-state index in [4.69, 9.17) is 9.47 Å². The highest BCUT2D eigenvalue weighted by Gasteiger charge is 2.20. The summed E-state index contributed by atoms with van der Waals surface area (Å²) in [4.78, 5) is 10.7. The van der Waals surface area contributed by atoms with Crippen LogP contribution in [0.1, 0.15) is 20.8 Å². The fourth-order valence-corrected chi connectivity index (χ4v) is 0.981. The molecule has 4 nitrogen and oxygen atoms in total. The first kappa shape index (κ1) is 10.5. The number of carbonyl (C=O) groups excluding carboxylic acids is 1. The van der Waals surface area contributed by atoms with Crippen LogP contribution in [-0.2, 0) is 14.3 Å². The second kappa shape index (κ2) is 4.07. The first-order valence-electron chi connectivity index (χ1n) is 4.49. The lowest BCUT2D eigenvalue weighted by Gasteiger charge is -2.27. The van der Waals surface area contributed by atoms with Crippen LogP contribution in [0.4, 0.5) is 0 Å². The lowest BCUT2D eigenvalue weighted by Crippen LogP contribution is -2.45. The Hall–Kier alpha value is -0.610. The highest BCUT2D eigenvalue weighted by atomic mass is 16.5. The summed E-state index contributed by atoms with van der Waals surface area (Å²) in [5, 5.41) is 2.72. The quantitative estimate of drug-likeness (QED) is 0.677. The van der Waals surface area contributed by atoms with E-state index in [2.05, 4.69) is 5.32 Å². The van der Waals surface area contributed by atoms with Gasteiger partial charge in [0.25, 0.3) is 0 Å². The lowest BCUT2D eigenvalue weighted by molar-refractivity contribution is -0.138. The minimum atomic E-state index is -0.148. The van der Waals surface area contributed by atoms with Crippen molar-refractivity contribution in [3.8, 4) is 0 Å². The van der Waals surface area contributed by atoms with E-state index in [9.17, 15) is 4.79 Å². The van der Waals surface area contributed by atoms with Gasteiger partial charge in [-0.15, -0.1) is 0 Å². The average molecular weight is 187 g/mol. The molecule has 0 saturated carbocycles. The van der Waals surface area contributed by atoms with Gasteiger partial charge in [0.05, 0.1) is 18.3 Å². The Balaban J connectivity index is 2.20. The fraction of sp³-hybridized carbons (Fsp3) is 0.889. The topological polar surface area (TPSA) is 47.6 Å². The minimum absolute atomic E-state index is 0.00285. The smallest absolute Gasteiger partial charge is 0.246 e. The van der Waals surface area contributed by atoms with Gasteiger partial charge in [0.2, 0.25) is 5.91 Å². The van der Waals surface area contributed by atoms with Gasteiger partial charge < -0.3 is 14.8 Å². The molecule has 0 aliphatic carbocycles. The number of carbonyl (C=O) groups is 1. The molecule has 76 valence electrons. The Bertz CT molecular complexity index is 176. The van der Waals surface area contributed by atoms with Crippen LogP contribution < -0.4 is 5.32 Å². The summed E-state index contributed by atoms with van der Waals surface area (Å²) in [5.74, 6) is -0.0491. The molecule has 1 amide bonds. The zero-order chi connectivity index (χ0) is 9.90. The molecule has 1 heterocycles. The highest BCUT2D eigenvalue weighted by molar-refractivity contribution is 5.77. The molecule has 1 unspecified atom stereocenters. The summed E-state index contributed by atoms with van der Waals surface area (Å²) in [5.41, 5.74) is -0.148. The zero-order valence-corrected chi connectivity index (χ0v) is 8.42. The Labute approximate surface area is 78.6 Å². The van der Waals surface area contributed by atoms with Gasteiger partial charge in [-0.05, 0) is 20.8 Å². The molecule has 0 aromatic carbocycles. The average Bonchev–Trinajstić information content (AvgIpc) is 2.02. The van der Waals surface area contributed by atoms with Crippen molar-refractivity contribution in [1.29, 1.82) is 0 Å². The summed E-state index contributed by atoms with van der Waals surface area (Å²) >= 11 is 0.